The molecule has 0 bridgehead atoms. The van der Waals surface area contributed by atoms with Gasteiger partial charge in [0.1, 0.15) is 11.6 Å². The Labute approximate surface area is 146 Å². The summed E-state index contributed by atoms with van der Waals surface area (Å²) in [6.45, 7) is 1.81. The van der Waals surface area contributed by atoms with Gasteiger partial charge in [0.25, 0.3) is 5.91 Å². The molecule has 1 aromatic rings. The van der Waals surface area contributed by atoms with Crippen LogP contribution in [0.4, 0.5) is 0 Å². The highest BCUT2D eigenvalue weighted by molar-refractivity contribution is 5.97. The molecule has 1 amide bonds. The molecule has 0 aromatic heterocycles. The topological polar surface area (TPSA) is 121 Å². The highest BCUT2D eigenvalue weighted by Gasteiger charge is 2.12. The number of benzene rings is 1. The molecule has 0 saturated heterocycles. The van der Waals surface area contributed by atoms with Crippen molar-refractivity contribution in [1.82, 2.24) is 10.6 Å². The van der Waals surface area contributed by atoms with Crippen molar-refractivity contribution in [3.8, 4) is 17.6 Å². The van der Waals surface area contributed by atoms with E-state index in [0.717, 1.165) is 5.56 Å². The number of nitrogens with one attached hydrogen (secondary N) is 2. The fraction of sp³-hybridized carbons (Fsp3) is 0.353. The molecule has 0 aliphatic carbocycles. The van der Waals surface area contributed by atoms with Crippen LogP contribution in [0.2, 0.25) is 0 Å². The Morgan fingerprint density at radius 1 is 1.32 bits per heavy atom. The van der Waals surface area contributed by atoms with E-state index in [1.807, 2.05) is 13.0 Å². The molecular weight excluding hydrogens is 326 g/mol. The minimum Gasteiger partial charge on any atom is -0.493 e. The molecule has 0 fully saturated rings. The smallest absolute Gasteiger partial charge is 0.305 e. The van der Waals surface area contributed by atoms with Gasteiger partial charge in [0.05, 0.1) is 20.6 Å². The first-order valence-corrected chi connectivity index (χ1v) is 7.51. The first-order chi connectivity index (χ1) is 11.9. The number of aliphatic carboxylic acids is 1. The Morgan fingerprint density at radius 3 is 2.56 bits per heavy atom. The van der Waals surface area contributed by atoms with Crippen LogP contribution in [0, 0.1) is 11.3 Å². The molecule has 1 atom stereocenters. The van der Waals surface area contributed by atoms with Gasteiger partial charge in [-0.1, -0.05) is 6.07 Å². The van der Waals surface area contributed by atoms with Gasteiger partial charge in [-0.25, -0.2) is 0 Å². The van der Waals surface area contributed by atoms with Crippen LogP contribution in [0.5, 0.6) is 11.5 Å². The Balaban J connectivity index is 2.75. The van der Waals surface area contributed by atoms with E-state index in [1.54, 1.807) is 25.3 Å². The fourth-order valence-electron chi connectivity index (χ4n) is 1.95. The number of nitriles is 1. The second kappa shape index (κ2) is 9.82. The predicted octanol–water partition coefficient (Wildman–Crippen LogP) is 1.35. The maximum Gasteiger partial charge on any atom is 0.305 e. The maximum absolute atomic E-state index is 11.8. The van der Waals surface area contributed by atoms with Gasteiger partial charge >= 0.3 is 5.97 Å². The molecular formula is C17H21N3O5. The third-order valence-corrected chi connectivity index (χ3v) is 3.37. The van der Waals surface area contributed by atoms with Crippen molar-refractivity contribution in [2.75, 3.05) is 20.8 Å². The van der Waals surface area contributed by atoms with Crippen molar-refractivity contribution in [3.63, 3.8) is 0 Å². The number of hydrogen-bond donors (Lipinski definition) is 3. The Kier molecular flexibility index (Phi) is 7.79. The molecule has 3 N–H and O–H groups in total. The van der Waals surface area contributed by atoms with Crippen molar-refractivity contribution in [2.24, 2.45) is 0 Å². The molecule has 1 unspecified atom stereocenters. The number of carboxylic acids is 1. The van der Waals surface area contributed by atoms with E-state index in [1.165, 1.54) is 13.3 Å². The van der Waals surface area contributed by atoms with E-state index in [-0.39, 0.29) is 24.6 Å². The van der Waals surface area contributed by atoms with Crippen molar-refractivity contribution in [2.45, 2.75) is 19.4 Å². The molecule has 25 heavy (non-hydrogen) atoms. The molecule has 1 rings (SSSR count). The van der Waals surface area contributed by atoms with Gasteiger partial charge in [0.15, 0.2) is 11.5 Å². The lowest BCUT2D eigenvalue weighted by Crippen LogP contribution is -2.28. The summed E-state index contributed by atoms with van der Waals surface area (Å²) in [5.74, 6) is -0.479. The molecule has 0 spiro atoms. The van der Waals surface area contributed by atoms with Crippen LogP contribution in [-0.2, 0) is 9.59 Å². The summed E-state index contributed by atoms with van der Waals surface area (Å²) in [5, 5.41) is 22.9. The zero-order valence-electron chi connectivity index (χ0n) is 14.3. The lowest BCUT2D eigenvalue weighted by Gasteiger charge is -2.15. The average Bonchev–Trinajstić information content (AvgIpc) is 2.60. The highest BCUT2D eigenvalue weighted by Crippen LogP contribution is 2.29. The third-order valence-electron chi connectivity index (χ3n) is 3.37. The Morgan fingerprint density at radius 2 is 2.00 bits per heavy atom. The van der Waals surface area contributed by atoms with Gasteiger partial charge in [0, 0.05) is 18.8 Å². The molecule has 0 aliphatic heterocycles. The minimum atomic E-state index is -1.03. The number of carboxylic acid groups (broad SMARTS) is 1. The summed E-state index contributed by atoms with van der Waals surface area (Å²) in [6, 6.07) is 6.98. The maximum atomic E-state index is 11.8. The van der Waals surface area contributed by atoms with Crippen LogP contribution in [0.3, 0.4) is 0 Å². The molecule has 1 aromatic carbocycles. The lowest BCUT2D eigenvalue weighted by molar-refractivity contribution is -0.136. The van der Waals surface area contributed by atoms with Gasteiger partial charge in [-0.2, -0.15) is 5.26 Å². The van der Waals surface area contributed by atoms with Crippen molar-refractivity contribution in [1.29, 1.82) is 5.26 Å². The van der Waals surface area contributed by atoms with Crippen LogP contribution >= 0.6 is 0 Å². The number of ether oxygens (including phenoxy) is 2. The molecule has 8 nitrogen and oxygen atoms in total. The lowest BCUT2D eigenvalue weighted by atomic mass is 10.1. The van der Waals surface area contributed by atoms with Gasteiger partial charge in [-0.15, -0.1) is 0 Å². The molecule has 0 saturated carbocycles. The zero-order valence-corrected chi connectivity index (χ0v) is 14.3. The first-order valence-electron chi connectivity index (χ1n) is 7.51. The summed E-state index contributed by atoms with van der Waals surface area (Å²) in [5.41, 5.74) is 0.732. The average molecular weight is 347 g/mol. The summed E-state index contributed by atoms with van der Waals surface area (Å²) in [6.07, 6.45) is 1.09. The Hall–Kier alpha value is -3.21. The summed E-state index contributed by atoms with van der Waals surface area (Å²) < 4.78 is 10.4. The SMILES string of the molecule is COc1ccc(C(C)N/C=C(/C#N)C(=O)NCCC(=O)O)cc1OC. The number of nitrogens with zero attached hydrogens (tertiary/aromatic N) is 1. The van der Waals surface area contributed by atoms with E-state index < -0.39 is 11.9 Å². The molecule has 0 heterocycles. The second-order valence-corrected chi connectivity index (χ2v) is 5.07. The third kappa shape index (κ3) is 6.06. The number of carbonyl (C=O) groups excluding carboxylic acids is 1. The van der Waals surface area contributed by atoms with Crippen molar-refractivity contribution >= 4 is 11.9 Å². The number of hydrogen-bond acceptors (Lipinski definition) is 6. The number of rotatable bonds is 9. The number of methoxy groups -OCH3 is 2. The van der Waals surface area contributed by atoms with E-state index in [9.17, 15) is 9.59 Å². The van der Waals surface area contributed by atoms with Gasteiger partial charge in [-0.3, -0.25) is 9.59 Å². The quantitative estimate of drug-likeness (QED) is 0.455. The molecule has 134 valence electrons. The number of amides is 1. The summed E-state index contributed by atoms with van der Waals surface area (Å²) in [4.78, 5) is 22.2. The largest absolute Gasteiger partial charge is 0.493 e. The van der Waals surface area contributed by atoms with Gasteiger partial charge < -0.3 is 25.2 Å². The summed E-state index contributed by atoms with van der Waals surface area (Å²) in [7, 11) is 3.08. The monoisotopic (exact) mass is 347 g/mol. The van der Waals surface area contributed by atoms with Crippen LogP contribution < -0.4 is 20.1 Å². The van der Waals surface area contributed by atoms with Crippen LogP contribution in [0.25, 0.3) is 0 Å². The van der Waals surface area contributed by atoms with Crippen molar-refractivity contribution in [3.05, 3.63) is 35.5 Å². The highest BCUT2D eigenvalue weighted by atomic mass is 16.5. The fourth-order valence-corrected chi connectivity index (χ4v) is 1.95. The van der Waals surface area contributed by atoms with Gasteiger partial charge in [0.2, 0.25) is 0 Å². The second-order valence-electron chi connectivity index (χ2n) is 5.07. The van der Waals surface area contributed by atoms with E-state index >= 15 is 0 Å². The van der Waals surface area contributed by atoms with Gasteiger partial charge in [-0.05, 0) is 24.6 Å². The Bertz CT molecular complexity index is 694. The van der Waals surface area contributed by atoms with E-state index in [0.29, 0.717) is 11.5 Å². The molecule has 0 radical (unpaired) electrons. The van der Waals surface area contributed by atoms with E-state index in [4.69, 9.17) is 19.8 Å². The molecule has 8 heteroatoms. The zero-order chi connectivity index (χ0) is 18.8. The van der Waals surface area contributed by atoms with Crippen LogP contribution in [0.15, 0.2) is 30.0 Å². The van der Waals surface area contributed by atoms with Crippen LogP contribution in [-0.4, -0.2) is 37.7 Å². The molecule has 0 aliphatic rings. The number of carbonyl (C=O) groups is 2. The standard InChI is InChI=1S/C17H21N3O5/c1-11(12-4-5-14(24-2)15(8-12)25-3)20-10-13(9-18)17(23)19-7-6-16(21)22/h4-5,8,10-11,20H,6-7H2,1-3H3,(H,19,23)(H,21,22)/b13-10-. The van der Waals surface area contributed by atoms with E-state index in [2.05, 4.69) is 10.6 Å². The minimum absolute atomic E-state index is 0.0432. The first kappa shape index (κ1) is 19.8. The van der Waals surface area contributed by atoms with Crippen molar-refractivity contribution < 1.29 is 24.2 Å². The summed E-state index contributed by atoms with van der Waals surface area (Å²) >= 11 is 0. The predicted molar refractivity (Wildman–Crippen MR) is 90.1 cm³/mol. The van der Waals surface area contributed by atoms with Crippen LogP contribution in [0.1, 0.15) is 24.9 Å². The normalized spacial score (nSPS) is 11.8.